The van der Waals surface area contributed by atoms with Crippen LogP contribution in [-0.2, 0) is 13.0 Å². The molecule has 0 aromatic carbocycles. The smallest absolute Gasteiger partial charge is 0.186 e. The molecule has 3 nitrogen and oxygen atoms in total. The summed E-state index contributed by atoms with van der Waals surface area (Å²) in [4.78, 5) is 8.92. The second kappa shape index (κ2) is 8.39. The molecule has 1 N–H and O–H groups in total. The summed E-state index contributed by atoms with van der Waals surface area (Å²) in [6.07, 6.45) is 2.28. The standard InChI is InChI=1S/C16H29N3S2/c1-5-6-14-15(10-17-9-12(2)3)21-16(18-14)19-7-8-20-11-13(19)4/h12-13,17H,5-11H2,1-4H3. The van der Waals surface area contributed by atoms with Crippen molar-refractivity contribution in [3.05, 3.63) is 10.6 Å². The van der Waals surface area contributed by atoms with Crippen LogP contribution in [0.5, 0.6) is 0 Å². The van der Waals surface area contributed by atoms with E-state index >= 15 is 0 Å². The highest BCUT2D eigenvalue weighted by molar-refractivity contribution is 7.99. The SMILES string of the molecule is CCCc1nc(N2CCSCC2C)sc1CNCC(C)C. The first-order chi connectivity index (χ1) is 10.1. The zero-order chi connectivity index (χ0) is 15.2. The molecule has 1 aromatic rings. The molecule has 1 aliphatic rings. The van der Waals surface area contributed by atoms with Crippen molar-refractivity contribution in [2.75, 3.05) is 29.5 Å². The third kappa shape index (κ3) is 4.86. The first-order valence-corrected chi connectivity index (χ1v) is 10.1. The van der Waals surface area contributed by atoms with E-state index in [0.29, 0.717) is 12.0 Å². The fourth-order valence-corrected chi connectivity index (χ4v) is 4.77. The number of rotatable bonds is 7. The molecule has 0 aliphatic carbocycles. The van der Waals surface area contributed by atoms with Crippen LogP contribution < -0.4 is 10.2 Å². The summed E-state index contributed by atoms with van der Waals surface area (Å²) >= 11 is 3.97. The highest BCUT2D eigenvalue weighted by Crippen LogP contribution is 2.31. The normalized spacial score (nSPS) is 19.5. The lowest BCUT2D eigenvalue weighted by Crippen LogP contribution is -2.40. The Kier molecular flexibility index (Phi) is 6.83. The summed E-state index contributed by atoms with van der Waals surface area (Å²) in [7, 11) is 0. The summed E-state index contributed by atoms with van der Waals surface area (Å²) < 4.78 is 0. The van der Waals surface area contributed by atoms with Gasteiger partial charge in [0, 0.05) is 35.5 Å². The summed E-state index contributed by atoms with van der Waals surface area (Å²) in [6, 6.07) is 0.612. The molecule has 0 radical (unpaired) electrons. The summed E-state index contributed by atoms with van der Waals surface area (Å²) in [5.74, 6) is 3.16. The largest absolute Gasteiger partial charge is 0.344 e. The predicted octanol–water partition coefficient (Wildman–Crippen LogP) is 3.78. The number of nitrogens with zero attached hydrogens (tertiary/aromatic N) is 2. The van der Waals surface area contributed by atoms with Crippen molar-refractivity contribution in [2.45, 2.75) is 53.1 Å². The van der Waals surface area contributed by atoms with Crippen molar-refractivity contribution < 1.29 is 0 Å². The Morgan fingerprint density at radius 2 is 2.24 bits per heavy atom. The van der Waals surface area contributed by atoms with Gasteiger partial charge in [-0.1, -0.05) is 27.2 Å². The van der Waals surface area contributed by atoms with Gasteiger partial charge < -0.3 is 10.2 Å². The van der Waals surface area contributed by atoms with Gasteiger partial charge in [-0.2, -0.15) is 11.8 Å². The third-order valence-corrected chi connectivity index (χ3v) is 6.03. The van der Waals surface area contributed by atoms with Crippen LogP contribution in [0.1, 0.15) is 44.7 Å². The molecule has 1 atom stereocenters. The van der Waals surface area contributed by atoms with Crippen molar-refractivity contribution in [1.29, 1.82) is 0 Å². The average molecular weight is 328 g/mol. The van der Waals surface area contributed by atoms with E-state index in [1.807, 2.05) is 11.3 Å². The molecule has 1 unspecified atom stereocenters. The van der Waals surface area contributed by atoms with Gasteiger partial charge in [-0.05, 0) is 25.8 Å². The molecule has 1 aliphatic heterocycles. The molecular formula is C16H29N3S2. The van der Waals surface area contributed by atoms with Gasteiger partial charge in [-0.15, -0.1) is 11.3 Å². The molecule has 120 valence electrons. The molecule has 0 amide bonds. The van der Waals surface area contributed by atoms with Crippen LogP contribution in [0, 0.1) is 5.92 Å². The predicted molar refractivity (Wildman–Crippen MR) is 96.8 cm³/mol. The lowest BCUT2D eigenvalue weighted by atomic mass is 10.2. The maximum atomic E-state index is 4.97. The number of thioether (sulfide) groups is 1. The van der Waals surface area contributed by atoms with Gasteiger partial charge in [-0.25, -0.2) is 4.98 Å². The van der Waals surface area contributed by atoms with E-state index in [9.17, 15) is 0 Å². The minimum absolute atomic E-state index is 0.612. The van der Waals surface area contributed by atoms with E-state index in [4.69, 9.17) is 4.98 Å². The third-order valence-electron chi connectivity index (χ3n) is 3.71. The highest BCUT2D eigenvalue weighted by atomic mass is 32.2. The topological polar surface area (TPSA) is 28.2 Å². The molecule has 0 saturated carbocycles. The van der Waals surface area contributed by atoms with Gasteiger partial charge in [0.05, 0.1) is 5.69 Å². The highest BCUT2D eigenvalue weighted by Gasteiger charge is 2.23. The van der Waals surface area contributed by atoms with Gasteiger partial charge in [-0.3, -0.25) is 0 Å². The van der Waals surface area contributed by atoms with Crippen molar-refractivity contribution in [2.24, 2.45) is 5.92 Å². The molecule has 0 bridgehead atoms. The van der Waals surface area contributed by atoms with Gasteiger partial charge in [0.25, 0.3) is 0 Å². The summed E-state index contributed by atoms with van der Waals surface area (Å²) in [6.45, 7) is 12.3. The van der Waals surface area contributed by atoms with Crippen molar-refractivity contribution in [3.63, 3.8) is 0 Å². The Morgan fingerprint density at radius 1 is 1.43 bits per heavy atom. The molecule has 2 rings (SSSR count). The van der Waals surface area contributed by atoms with Crippen LogP contribution in [0.2, 0.25) is 0 Å². The van der Waals surface area contributed by atoms with Crippen LogP contribution in [0.4, 0.5) is 5.13 Å². The van der Waals surface area contributed by atoms with Gasteiger partial charge in [0.2, 0.25) is 0 Å². The Morgan fingerprint density at radius 3 is 2.90 bits per heavy atom. The number of aromatic nitrogens is 1. The summed E-state index contributed by atoms with van der Waals surface area (Å²) in [5.41, 5.74) is 1.32. The van der Waals surface area contributed by atoms with Crippen molar-refractivity contribution in [1.82, 2.24) is 10.3 Å². The molecular weight excluding hydrogens is 298 g/mol. The van der Waals surface area contributed by atoms with E-state index in [-0.39, 0.29) is 0 Å². The van der Waals surface area contributed by atoms with Crippen LogP contribution in [-0.4, -0.2) is 35.6 Å². The van der Waals surface area contributed by atoms with Gasteiger partial charge >= 0.3 is 0 Å². The molecule has 1 saturated heterocycles. The van der Waals surface area contributed by atoms with Crippen LogP contribution >= 0.6 is 23.1 Å². The number of hydrogen-bond donors (Lipinski definition) is 1. The minimum Gasteiger partial charge on any atom is -0.344 e. The van der Waals surface area contributed by atoms with E-state index in [1.165, 1.54) is 33.6 Å². The Hall–Kier alpha value is -0.260. The number of thiazole rings is 1. The van der Waals surface area contributed by atoms with Gasteiger partial charge in [0.15, 0.2) is 5.13 Å². The minimum atomic E-state index is 0.612. The zero-order valence-corrected chi connectivity index (χ0v) is 15.4. The molecule has 1 aromatic heterocycles. The van der Waals surface area contributed by atoms with Crippen LogP contribution in [0.25, 0.3) is 0 Å². The zero-order valence-electron chi connectivity index (χ0n) is 13.8. The second-order valence-corrected chi connectivity index (χ2v) is 8.47. The Labute approximate surface area is 137 Å². The number of nitrogens with one attached hydrogen (secondary N) is 1. The first-order valence-electron chi connectivity index (χ1n) is 8.15. The van der Waals surface area contributed by atoms with E-state index in [2.05, 4.69) is 49.7 Å². The van der Waals surface area contributed by atoms with Crippen molar-refractivity contribution in [3.8, 4) is 0 Å². The van der Waals surface area contributed by atoms with Crippen molar-refractivity contribution >= 4 is 28.2 Å². The Balaban J connectivity index is 2.08. The molecule has 2 heterocycles. The quantitative estimate of drug-likeness (QED) is 0.825. The number of aryl methyl sites for hydroxylation is 1. The van der Waals surface area contributed by atoms with Crippen LogP contribution in [0.3, 0.4) is 0 Å². The molecule has 5 heteroatoms. The van der Waals surface area contributed by atoms with Gasteiger partial charge in [0.1, 0.15) is 0 Å². The fourth-order valence-electron chi connectivity index (χ4n) is 2.55. The lowest BCUT2D eigenvalue weighted by molar-refractivity contribution is 0.553. The Bertz CT molecular complexity index is 431. The number of hydrogen-bond acceptors (Lipinski definition) is 5. The average Bonchev–Trinajstić information content (AvgIpc) is 2.82. The molecule has 1 fully saturated rings. The summed E-state index contributed by atoms with van der Waals surface area (Å²) in [5, 5.41) is 4.82. The maximum Gasteiger partial charge on any atom is 0.186 e. The molecule has 21 heavy (non-hydrogen) atoms. The fraction of sp³-hybridized carbons (Fsp3) is 0.812. The van der Waals surface area contributed by atoms with E-state index < -0.39 is 0 Å². The van der Waals surface area contributed by atoms with E-state index in [1.54, 1.807) is 0 Å². The maximum absolute atomic E-state index is 4.97. The second-order valence-electron chi connectivity index (χ2n) is 6.26. The lowest BCUT2D eigenvalue weighted by Gasteiger charge is -2.32. The van der Waals surface area contributed by atoms with Crippen LogP contribution in [0.15, 0.2) is 0 Å². The number of anilines is 1. The molecule has 0 spiro atoms. The van der Waals surface area contributed by atoms with E-state index in [0.717, 1.165) is 26.1 Å². The first kappa shape index (κ1) is 17.1. The monoisotopic (exact) mass is 327 g/mol.